The van der Waals surface area contributed by atoms with Crippen LogP contribution < -0.4 is 4.31 Å². The van der Waals surface area contributed by atoms with Gasteiger partial charge in [-0.2, -0.15) is 5.10 Å². The van der Waals surface area contributed by atoms with Crippen LogP contribution in [0.1, 0.15) is 0 Å². The molecule has 0 radical (unpaired) electrons. The molecular formula is C9H7BrN4O2S. The molecule has 0 spiro atoms. The summed E-state index contributed by atoms with van der Waals surface area (Å²) in [7, 11) is -2.02. The van der Waals surface area contributed by atoms with E-state index in [2.05, 4.69) is 31.1 Å². The lowest BCUT2D eigenvalue weighted by atomic mass is 10.2. The van der Waals surface area contributed by atoms with Crippen molar-refractivity contribution in [3.63, 3.8) is 0 Å². The Hall–Kier alpha value is -1.41. The average Bonchev–Trinajstić information content (AvgIpc) is 2.76. The van der Waals surface area contributed by atoms with E-state index in [4.69, 9.17) is 0 Å². The predicted molar refractivity (Wildman–Crippen MR) is 65.1 cm³/mol. The maximum Gasteiger partial charge on any atom is 0.267 e. The van der Waals surface area contributed by atoms with Crippen LogP contribution in [0.2, 0.25) is 0 Å². The van der Waals surface area contributed by atoms with Crippen molar-refractivity contribution in [3.8, 4) is 11.4 Å². The Kier molecular flexibility index (Phi) is 2.08. The maximum atomic E-state index is 12.1. The largest absolute Gasteiger partial charge is 0.275 e. The van der Waals surface area contributed by atoms with Gasteiger partial charge in [0.25, 0.3) is 10.0 Å². The van der Waals surface area contributed by atoms with Crippen molar-refractivity contribution >= 4 is 31.6 Å². The first-order valence-electron chi connectivity index (χ1n) is 4.71. The van der Waals surface area contributed by atoms with Gasteiger partial charge in [-0.15, -0.1) is 0 Å². The second-order valence-electron chi connectivity index (χ2n) is 3.58. The molecule has 0 saturated carbocycles. The Labute approximate surface area is 106 Å². The third-order valence-electron chi connectivity index (χ3n) is 2.66. The van der Waals surface area contributed by atoms with Crippen molar-refractivity contribution in [3.05, 3.63) is 22.9 Å². The Morgan fingerprint density at radius 1 is 1.41 bits per heavy atom. The summed E-state index contributed by atoms with van der Waals surface area (Å²) in [6, 6.07) is 3.40. The number of hydrogen-bond acceptors (Lipinski definition) is 4. The lowest BCUT2D eigenvalue weighted by Gasteiger charge is -2.25. The molecule has 0 aromatic carbocycles. The number of nitrogens with one attached hydrogen (secondary N) is 1. The lowest BCUT2D eigenvalue weighted by molar-refractivity contribution is 0.594. The number of fused-ring (bicyclic) bond motifs is 3. The van der Waals surface area contributed by atoms with Crippen LogP contribution in [-0.4, -0.2) is 30.6 Å². The second-order valence-corrected chi connectivity index (χ2v) is 6.33. The number of anilines is 1. The van der Waals surface area contributed by atoms with Gasteiger partial charge in [0.2, 0.25) is 0 Å². The van der Waals surface area contributed by atoms with Crippen LogP contribution in [0.3, 0.4) is 0 Å². The average molecular weight is 315 g/mol. The standard InChI is InChI=1S/C9H7BrN4O2S/c1-14-5-2-3-7(10)12-8(5)9-6(4-11-13-9)17(14,15)16/h2-4H,1H3,(H,11,13). The molecule has 0 amide bonds. The molecule has 0 atom stereocenters. The molecule has 0 fully saturated rings. The molecule has 17 heavy (non-hydrogen) atoms. The molecule has 3 rings (SSSR count). The first-order chi connectivity index (χ1) is 8.01. The number of nitrogens with zero attached hydrogens (tertiary/aromatic N) is 3. The van der Waals surface area contributed by atoms with Gasteiger partial charge < -0.3 is 0 Å². The van der Waals surface area contributed by atoms with E-state index in [1.54, 1.807) is 12.1 Å². The molecule has 1 aliphatic heterocycles. The molecule has 2 aromatic heterocycles. The van der Waals surface area contributed by atoms with Crippen LogP contribution in [-0.2, 0) is 10.0 Å². The number of pyridine rings is 1. The number of aromatic nitrogens is 3. The van der Waals surface area contributed by atoms with E-state index >= 15 is 0 Å². The maximum absolute atomic E-state index is 12.1. The highest BCUT2D eigenvalue weighted by molar-refractivity contribution is 9.10. The molecular weight excluding hydrogens is 308 g/mol. The minimum Gasteiger partial charge on any atom is -0.275 e. The van der Waals surface area contributed by atoms with Crippen molar-refractivity contribution in [2.45, 2.75) is 4.90 Å². The summed E-state index contributed by atoms with van der Waals surface area (Å²) < 4.78 is 26.1. The van der Waals surface area contributed by atoms with E-state index in [0.717, 1.165) is 0 Å². The van der Waals surface area contributed by atoms with Gasteiger partial charge in [0.05, 0.1) is 11.9 Å². The Morgan fingerprint density at radius 2 is 2.18 bits per heavy atom. The number of aromatic amines is 1. The summed E-state index contributed by atoms with van der Waals surface area (Å²) in [5.74, 6) is 0. The van der Waals surface area contributed by atoms with Crippen LogP contribution in [0.4, 0.5) is 5.69 Å². The predicted octanol–water partition coefficient (Wildman–Crippen LogP) is 1.37. The minimum absolute atomic E-state index is 0.151. The van der Waals surface area contributed by atoms with Crippen LogP contribution in [0.25, 0.3) is 11.4 Å². The first-order valence-corrected chi connectivity index (χ1v) is 6.94. The van der Waals surface area contributed by atoms with Crippen molar-refractivity contribution in [1.29, 1.82) is 0 Å². The highest BCUT2D eigenvalue weighted by atomic mass is 79.9. The Balaban J connectivity index is 2.43. The fourth-order valence-corrected chi connectivity index (χ4v) is 3.38. The van der Waals surface area contributed by atoms with Crippen molar-refractivity contribution < 1.29 is 8.42 Å². The quantitative estimate of drug-likeness (QED) is 0.745. The molecule has 8 heteroatoms. The second kappa shape index (κ2) is 3.30. The van der Waals surface area contributed by atoms with Gasteiger partial charge in [0.15, 0.2) is 0 Å². The van der Waals surface area contributed by atoms with Crippen LogP contribution in [0.15, 0.2) is 27.8 Å². The molecule has 0 aliphatic carbocycles. The zero-order valence-electron chi connectivity index (χ0n) is 8.68. The summed E-state index contributed by atoms with van der Waals surface area (Å²) in [6.45, 7) is 0. The number of sulfonamides is 1. The summed E-state index contributed by atoms with van der Waals surface area (Å²) in [5, 5.41) is 6.45. The molecule has 3 heterocycles. The van der Waals surface area contributed by atoms with Gasteiger partial charge in [-0.05, 0) is 28.1 Å². The van der Waals surface area contributed by atoms with E-state index in [-0.39, 0.29) is 4.90 Å². The molecule has 88 valence electrons. The molecule has 0 bridgehead atoms. The number of hydrogen-bond donors (Lipinski definition) is 1. The van der Waals surface area contributed by atoms with Gasteiger partial charge in [-0.25, -0.2) is 13.4 Å². The zero-order chi connectivity index (χ0) is 12.2. The molecule has 1 N–H and O–H groups in total. The normalized spacial score (nSPS) is 16.5. The van der Waals surface area contributed by atoms with Gasteiger partial charge in [-0.3, -0.25) is 9.40 Å². The van der Waals surface area contributed by atoms with Gasteiger partial charge >= 0.3 is 0 Å². The fourth-order valence-electron chi connectivity index (χ4n) is 1.78. The first kappa shape index (κ1) is 10.7. The van der Waals surface area contributed by atoms with Crippen molar-refractivity contribution in [2.24, 2.45) is 0 Å². The molecule has 2 aromatic rings. The highest BCUT2D eigenvalue weighted by Gasteiger charge is 2.35. The van der Waals surface area contributed by atoms with Crippen molar-refractivity contribution in [1.82, 2.24) is 15.2 Å². The molecule has 1 aliphatic rings. The van der Waals surface area contributed by atoms with Gasteiger partial charge in [-0.1, -0.05) is 0 Å². The third kappa shape index (κ3) is 1.34. The fraction of sp³-hybridized carbons (Fsp3) is 0.111. The minimum atomic E-state index is -3.52. The monoisotopic (exact) mass is 314 g/mol. The van der Waals surface area contributed by atoms with Crippen LogP contribution in [0, 0.1) is 0 Å². The van der Waals surface area contributed by atoms with Gasteiger partial charge in [0.1, 0.15) is 20.9 Å². The summed E-state index contributed by atoms with van der Waals surface area (Å²) >= 11 is 3.27. The van der Waals surface area contributed by atoms with E-state index in [9.17, 15) is 8.42 Å². The topological polar surface area (TPSA) is 79.0 Å². The zero-order valence-corrected chi connectivity index (χ0v) is 11.1. The van der Waals surface area contributed by atoms with E-state index in [1.807, 2.05) is 0 Å². The van der Waals surface area contributed by atoms with Crippen molar-refractivity contribution in [2.75, 3.05) is 11.4 Å². The van der Waals surface area contributed by atoms with E-state index in [1.165, 1.54) is 17.5 Å². The van der Waals surface area contributed by atoms with E-state index in [0.29, 0.717) is 21.7 Å². The SMILES string of the molecule is CN1c2ccc(Br)nc2-c2[nH]ncc2S1(=O)=O. The van der Waals surface area contributed by atoms with Crippen LogP contribution >= 0.6 is 15.9 Å². The molecule has 0 saturated heterocycles. The number of rotatable bonds is 0. The van der Waals surface area contributed by atoms with Crippen LogP contribution in [0.5, 0.6) is 0 Å². The smallest absolute Gasteiger partial charge is 0.267 e. The number of halogens is 1. The molecule has 0 unspecified atom stereocenters. The summed E-state index contributed by atoms with van der Waals surface area (Å²) in [5.41, 5.74) is 1.54. The van der Waals surface area contributed by atoms with E-state index < -0.39 is 10.0 Å². The third-order valence-corrected chi connectivity index (χ3v) is 4.88. The summed E-state index contributed by atoms with van der Waals surface area (Å²) in [6.07, 6.45) is 1.30. The highest BCUT2D eigenvalue weighted by Crippen LogP contribution is 2.40. The Bertz CT molecular complexity index is 710. The molecule has 6 nitrogen and oxygen atoms in total. The van der Waals surface area contributed by atoms with Gasteiger partial charge in [0, 0.05) is 7.05 Å². The number of H-pyrrole nitrogens is 1. The Morgan fingerprint density at radius 3 is 2.94 bits per heavy atom. The lowest BCUT2D eigenvalue weighted by Crippen LogP contribution is -2.30. The summed E-state index contributed by atoms with van der Waals surface area (Å²) in [4.78, 5) is 4.43.